The topological polar surface area (TPSA) is 58.6 Å². The molecule has 2 rings (SSSR count). The minimum atomic E-state index is -1.06. The van der Waals surface area contributed by atoms with Crippen LogP contribution >= 0.6 is 0 Å². The molecule has 1 atom stereocenters. The van der Waals surface area contributed by atoms with Crippen molar-refractivity contribution in [2.45, 2.75) is 57.2 Å². The molecule has 0 amide bonds. The summed E-state index contributed by atoms with van der Waals surface area (Å²) in [6.07, 6.45) is 2.50. The summed E-state index contributed by atoms with van der Waals surface area (Å²) in [5, 5.41) is 13.2. The van der Waals surface area contributed by atoms with Gasteiger partial charge in [-0.3, -0.25) is 5.32 Å². The van der Waals surface area contributed by atoms with Crippen molar-refractivity contribution in [1.29, 1.82) is 0 Å². The molecule has 2 N–H and O–H groups in total. The first-order valence-electron chi connectivity index (χ1n) is 7.54. The number of carboxylic acid groups (broad SMARTS) is 1. The van der Waals surface area contributed by atoms with E-state index in [1.54, 1.807) is 0 Å². The summed E-state index contributed by atoms with van der Waals surface area (Å²) in [4.78, 5) is 12.0. The van der Waals surface area contributed by atoms with Crippen LogP contribution in [0.5, 0.6) is 0 Å². The van der Waals surface area contributed by atoms with Crippen LogP contribution in [0.2, 0.25) is 0 Å². The third-order valence-electron chi connectivity index (χ3n) is 3.67. The van der Waals surface area contributed by atoms with E-state index in [1.165, 1.54) is 0 Å². The Hall–Kier alpha value is -1.39. The van der Waals surface area contributed by atoms with Gasteiger partial charge in [0.25, 0.3) is 0 Å². The van der Waals surface area contributed by atoms with E-state index >= 15 is 0 Å². The Morgan fingerprint density at radius 2 is 1.90 bits per heavy atom. The Balaban J connectivity index is 2.21. The molecule has 0 bridgehead atoms. The van der Waals surface area contributed by atoms with Gasteiger partial charge >= 0.3 is 5.97 Å². The monoisotopic (exact) mass is 291 g/mol. The van der Waals surface area contributed by atoms with E-state index in [0.717, 1.165) is 18.4 Å². The van der Waals surface area contributed by atoms with Crippen molar-refractivity contribution >= 4 is 5.97 Å². The van der Waals surface area contributed by atoms with Crippen LogP contribution in [0.15, 0.2) is 30.3 Å². The zero-order valence-electron chi connectivity index (χ0n) is 13.1. The van der Waals surface area contributed by atoms with E-state index in [1.807, 2.05) is 51.1 Å². The number of carboxylic acids is 1. The van der Waals surface area contributed by atoms with Crippen molar-refractivity contribution in [1.82, 2.24) is 5.32 Å². The van der Waals surface area contributed by atoms with Gasteiger partial charge in [0, 0.05) is 19.1 Å². The molecular formula is C17H25NO3. The molecule has 0 radical (unpaired) electrons. The highest BCUT2D eigenvalue weighted by molar-refractivity contribution is 5.81. The fourth-order valence-electron chi connectivity index (χ4n) is 2.40. The molecule has 1 aliphatic carbocycles. The Morgan fingerprint density at radius 1 is 1.29 bits per heavy atom. The lowest BCUT2D eigenvalue weighted by atomic mass is 9.86. The van der Waals surface area contributed by atoms with Crippen molar-refractivity contribution in [3.8, 4) is 0 Å². The number of ether oxygens (including phenoxy) is 1. The Labute approximate surface area is 126 Å². The van der Waals surface area contributed by atoms with Gasteiger partial charge < -0.3 is 9.84 Å². The molecule has 0 spiro atoms. The number of hydrogen-bond acceptors (Lipinski definition) is 3. The molecule has 1 aromatic carbocycles. The third-order valence-corrected chi connectivity index (χ3v) is 3.67. The second kappa shape index (κ2) is 6.16. The second-order valence-corrected chi connectivity index (χ2v) is 6.71. The summed E-state index contributed by atoms with van der Waals surface area (Å²) < 4.78 is 5.76. The van der Waals surface area contributed by atoms with Crippen molar-refractivity contribution < 1.29 is 14.6 Å². The van der Waals surface area contributed by atoms with Gasteiger partial charge in [-0.1, -0.05) is 30.3 Å². The van der Waals surface area contributed by atoms with E-state index in [2.05, 4.69) is 5.32 Å². The number of aliphatic carboxylic acids is 1. The Morgan fingerprint density at radius 3 is 2.38 bits per heavy atom. The Kier molecular flexibility index (Phi) is 4.69. The first kappa shape index (κ1) is 16.0. The molecule has 1 aliphatic rings. The van der Waals surface area contributed by atoms with Crippen LogP contribution in [0.25, 0.3) is 0 Å². The van der Waals surface area contributed by atoms with Crippen LogP contribution in [0, 0.1) is 0 Å². The summed E-state index contributed by atoms with van der Waals surface area (Å²) in [5.74, 6) is -0.835. The number of carbonyl (C=O) groups is 1. The number of benzene rings is 1. The number of nitrogens with one attached hydrogen (secondary N) is 1. The van der Waals surface area contributed by atoms with Crippen molar-refractivity contribution in [3.63, 3.8) is 0 Å². The van der Waals surface area contributed by atoms with Gasteiger partial charge in [-0.2, -0.15) is 0 Å². The van der Waals surface area contributed by atoms with Crippen LogP contribution in [0.1, 0.15) is 45.6 Å². The number of rotatable bonds is 7. The SMILES string of the molecule is CC(C)(C)OCCC(NC1CC1)(C(=O)O)c1ccccc1. The predicted octanol–water partition coefficient (Wildman–Crippen LogP) is 2.92. The smallest absolute Gasteiger partial charge is 0.328 e. The average Bonchev–Trinajstić information content (AvgIpc) is 3.20. The summed E-state index contributed by atoms with van der Waals surface area (Å²) >= 11 is 0. The molecule has 1 fully saturated rings. The predicted molar refractivity (Wildman–Crippen MR) is 82.2 cm³/mol. The molecule has 0 aromatic heterocycles. The van der Waals surface area contributed by atoms with Gasteiger partial charge in [-0.25, -0.2) is 4.79 Å². The normalized spacial score (nSPS) is 18.2. The maximum Gasteiger partial charge on any atom is 0.328 e. The minimum absolute atomic E-state index is 0.263. The molecule has 1 aromatic rings. The minimum Gasteiger partial charge on any atom is -0.480 e. The summed E-state index contributed by atoms with van der Waals surface area (Å²) in [6, 6.07) is 9.72. The molecule has 21 heavy (non-hydrogen) atoms. The fraction of sp³-hybridized carbons (Fsp3) is 0.588. The van der Waals surface area contributed by atoms with Crippen molar-refractivity contribution in [3.05, 3.63) is 35.9 Å². The molecule has 0 aliphatic heterocycles. The lowest BCUT2D eigenvalue weighted by Crippen LogP contribution is -2.51. The van der Waals surface area contributed by atoms with Gasteiger partial charge in [-0.15, -0.1) is 0 Å². The lowest BCUT2D eigenvalue weighted by Gasteiger charge is -2.32. The molecule has 0 saturated heterocycles. The summed E-state index contributed by atoms with van der Waals surface area (Å²) in [6.45, 7) is 6.34. The van der Waals surface area contributed by atoms with E-state index < -0.39 is 11.5 Å². The zero-order valence-corrected chi connectivity index (χ0v) is 13.1. The second-order valence-electron chi connectivity index (χ2n) is 6.71. The third kappa shape index (κ3) is 4.29. The van der Waals surface area contributed by atoms with Crippen LogP contribution < -0.4 is 5.32 Å². The average molecular weight is 291 g/mol. The van der Waals surface area contributed by atoms with E-state index in [-0.39, 0.29) is 5.60 Å². The molecule has 4 nitrogen and oxygen atoms in total. The van der Waals surface area contributed by atoms with E-state index in [9.17, 15) is 9.90 Å². The lowest BCUT2D eigenvalue weighted by molar-refractivity contribution is -0.147. The van der Waals surface area contributed by atoms with Gasteiger partial charge in [0.05, 0.1) is 5.60 Å². The van der Waals surface area contributed by atoms with Gasteiger partial charge in [0.2, 0.25) is 0 Å². The fourth-order valence-corrected chi connectivity index (χ4v) is 2.40. The largest absolute Gasteiger partial charge is 0.480 e. The highest BCUT2D eigenvalue weighted by atomic mass is 16.5. The molecule has 1 saturated carbocycles. The summed E-state index contributed by atoms with van der Waals surface area (Å²) in [7, 11) is 0. The first-order chi connectivity index (χ1) is 9.83. The molecule has 0 heterocycles. The quantitative estimate of drug-likeness (QED) is 0.811. The van der Waals surface area contributed by atoms with E-state index in [4.69, 9.17) is 4.74 Å². The first-order valence-corrected chi connectivity index (χ1v) is 7.54. The van der Waals surface area contributed by atoms with Crippen molar-refractivity contribution in [2.75, 3.05) is 6.61 Å². The van der Waals surface area contributed by atoms with Crippen LogP contribution in [0.4, 0.5) is 0 Å². The summed E-state index contributed by atoms with van der Waals surface area (Å²) in [5.41, 5.74) is -0.532. The maximum absolute atomic E-state index is 12.0. The van der Waals surface area contributed by atoms with Crippen LogP contribution in [-0.4, -0.2) is 29.3 Å². The van der Waals surface area contributed by atoms with Gasteiger partial charge in [0.1, 0.15) is 5.54 Å². The highest BCUT2D eigenvalue weighted by Gasteiger charge is 2.44. The Bertz CT molecular complexity index is 477. The zero-order chi connectivity index (χ0) is 15.5. The maximum atomic E-state index is 12.0. The molecule has 1 unspecified atom stereocenters. The molecule has 116 valence electrons. The van der Waals surface area contributed by atoms with Gasteiger partial charge in [-0.05, 0) is 39.2 Å². The molecular weight excluding hydrogens is 266 g/mol. The van der Waals surface area contributed by atoms with Gasteiger partial charge in [0.15, 0.2) is 0 Å². The number of hydrogen-bond donors (Lipinski definition) is 2. The van der Waals surface area contributed by atoms with Crippen LogP contribution in [0.3, 0.4) is 0 Å². The van der Waals surface area contributed by atoms with Crippen LogP contribution in [-0.2, 0) is 15.1 Å². The van der Waals surface area contributed by atoms with Crippen molar-refractivity contribution in [2.24, 2.45) is 0 Å². The standard InChI is InChI=1S/C17H25NO3/c1-16(2,3)21-12-11-17(15(19)20,18-14-9-10-14)13-7-5-4-6-8-13/h4-8,14,18H,9-12H2,1-3H3,(H,19,20). The van der Waals surface area contributed by atoms with E-state index in [0.29, 0.717) is 19.1 Å². The molecule has 4 heteroatoms. The highest BCUT2D eigenvalue weighted by Crippen LogP contribution is 2.32.